The molecule has 0 bridgehead atoms. The minimum Gasteiger partial charge on any atom is -0.373 e. The van der Waals surface area contributed by atoms with Crippen LogP contribution in [0, 0.1) is 24.1 Å². The maximum atomic E-state index is 13.8. The van der Waals surface area contributed by atoms with E-state index >= 15 is 0 Å². The first-order valence-electron chi connectivity index (χ1n) is 12.2. The molecule has 11 heteroatoms. The number of halogens is 3. The molecule has 0 fully saturated rings. The zero-order valence-electron chi connectivity index (χ0n) is 21.4. The van der Waals surface area contributed by atoms with Crippen molar-refractivity contribution >= 4 is 51.2 Å². The van der Waals surface area contributed by atoms with Gasteiger partial charge in [-0.25, -0.2) is 4.39 Å². The van der Waals surface area contributed by atoms with Crippen LogP contribution < -0.4 is 21.6 Å². The topological polar surface area (TPSA) is 101 Å². The maximum Gasteiger partial charge on any atom is 0.141 e. The Labute approximate surface area is 235 Å². The van der Waals surface area contributed by atoms with Crippen molar-refractivity contribution in [2.24, 2.45) is 0 Å². The highest BCUT2D eigenvalue weighted by Crippen LogP contribution is 2.37. The monoisotopic (exact) mass is 562 g/mol. The SMILES string of the molecule is Cc1ccc([C@H](Nc2cc(Cl)c3ncc(C#N)c(Nc4ccc(F)c(Cl)c4)c3c2)C2=CN(C(C)C)NN2)cn1. The van der Waals surface area contributed by atoms with E-state index in [1.807, 2.05) is 42.5 Å². The van der Waals surface area contributed by atoms with E-state index in [9.17, 15) is 9.65 Å². The first-order valence-corrected chi connectivity index (χ1v) is 12.9. The molecular formula is C28H25Cl2FN8. The van der Waals surface area contributed by atoms with Gasteiger partial charge in [-0.2, -0.15) is 5.26 Å². The third-order valence-corrected chi connectivity index (χ3v) is 6.87. The van der Waals surface area contributed by atoms with Crippen molar-refractivity contribution in [3.05, 3.63) is 99.4 Å². The number of nitrogens with one attached hydrogen (secondary N) is 4. The summed E-state index contributed by atoms with van der Waals surface area (Å²) in [5.41, 5.74) is 11.6. The summed E-state index contributed by atoms with van der Waals surface area (Å²) in [6, 6.07) is 14.0. The predicted molar refractivity (Wildman–Crippen MR) is 153 cm³/mol. The molecule has 0 unspecified atom stereocenters. The van der Waals surface area contributed by atoms with Gasteiger partial charge in [0.1, 0.15) is 11.9 Å². The average molecular weight is 563 g/mol. The van der Waals surface area contributed by atoms with Crippen molar-refractivity contribution in [1.29, 1.82) is 5.26 Å². The van der Waals surface area contributed by atoms with Crippen molar-refractivity contribution in [2.45, 2.75) is 32.9 Å². The molecule has 1 aliphatic rings. The molecule has 0 spiro atoms. The Bertz CT molecular complexity index is 1620. The second-order valence-corrected chi connectivity index (χ2v) is 10.2. The number of nitriles is 1. The minimum absolute atomic E-state index is 0.0341. The zero-order valence-corrected chi connectivity index (χ0v) is 22.9. The van der Waals surface area contributed by atoms with E-state index in [1.54, 1.807) is 12.1 Å². The fourth-order valence-corrected chi connectivity index (χ4v) is 4.65. The Kier molecular flexibility index (Phi) is 7.44. The Morgan fingerprint density at radius 2 is 1.82 bits per heavy atom. The van der Waals surface area contributed by atoms with Gasteiger partial charge in [0.25, 0.3) is 0 Å². The number of nitrogens with zero attached hydrogens (tertiary/aromatic N) is 4. The molecule has 0 saturated carbocycles. The van der Waals surface area contributed by atoms with Gasteiger partial charge in [-0.3, -0.25) is 15.0 Å². The van der Waals surface area contributed by atoms with Crippen LogP contribution in [-0.2, 0) is 0 Å². The van der Waals surface area contributed by atoms with Crippen molar-refractivity contribution in [1.82, 2.24) is 25.9 Å². The van der Waals surface area contributed by atoms with Gasteiger partial charge in [-0.1, -0.05) is 29.3 Å². The molecule has 5 rings (SSSR count). The third-order valence-electron chi connectivity index (χ3n) is 6.29. The lowest BCUT2D eigenvalue weighted by atomic mass is 10.0. The molecule has 0 radical (unpaired) electrons. The molecule has 2 aromatic carbocycles. The molecule has 4 aromatic rings. The number of aromatic nitrogens is 2. The second-order valence-electron chi connectivity index (χ2n) is 9.40. The highest BCUT2D eigenvalue weighted by molar-refractivity contribution is 6.36. The molecule has 8 nitrogen and oxygen atoms in total. The Balaban J connectivity index is 1.59. The summed E-state index contributed by atoms with van der Waals surface area (Å²) in [6.07, 6.45) is 5.29. The smallest absolute Gasteiger partial charge is 0.141 e. The summed E-state index contributed by atoms with van der Waals surface area (Å²) in [5.74, 6) is -0.533. The van der Waals surface area contributed by atoms with E-state index in [4.69, 9.17) is 23.2 Å². The van der Waals surface area contributed by atoms with Crippen LogP contribution in [0.15, 0.2) is 66.8 Å². The molecule has 3 heterocycles. The van der Waals surface area contributed by atoms with E-state index in [0.717, 1.165) is 17.0 Å². The molecule has 1 atom stereocenters. The van der Waals surface area contributed by atoms with Crippen molar-refractivity contribution < 1.29 is 4.39 Å². The van der Waals surface area contributed by atoms with Gasteiger partial charge in [0.05, 0.1) is 38.6 Å². The fourth-order valence-electron chi connectivity index (χ4n) is 4.21. The molecule has 198 valence electrons. The van der Waals surface area contributed by atoms with Crippen molar-refractivity contribution in [2.75, 3.05) is 10.6 Å². The summed E-state index contributed by atoms with van der Waals surface area (Å²) < 4.78 is 13.8. The lowest BCUT2D eigenvalue weighted by molar-refractivity contribution is 0.221. The van der Waals surface area contributed by atoms with Crippen LogP contribution in [0.25, 0.3) is 10.9 Å². The van der Waals surface area contributed by atoms with Crippen LogP contribution in [0.4, 0.5) is 21.5 Å². The first-order chi connectivity index (χ1) is 18.7. The van der Waals surface area contributed by atoms with Crippen LogP contribution in [0.5, 0.6) is 0 Å². The van der Waals surface area contributed by atoms with Gasteiger partial charge < -0.3 is 16.1 Å². The van der Waals surface area contributed by atoms with Crippen molar-refractivity contribution in [3.8, 4) is 6.07 Å². The lowest BCUT2D eigenvalue weighted by Crippen LogP contribution is -2.41. The summed E-state index contributed by atoms with van der Waals surface area (Å²) in [7, 11) is 0. The largest absolute Gasteiger partial charge is 0.373 e. The number of hydrazine groups is 2. The second kappa shape index (κ2) is 10.9. The Hall–Kier alpha value is -4.10. The zero-order chi connectivity index (χ0) is 27.7. The predicted octanol–water partition coefficient (Wildman–Crippen LogP) is 6.73. The minimum atomic E-state index is -0.533. The van der Waals surface area contributed by atoms with Gasteiger partial charge in [-0.15, -0.1) is 5.53 Å². The third kappa shape index (κ3) is 5.54. The van der Waals surface area contributed by atoms with Gasteiger partial charge in [0, 0.05) is 47.1 Å². The summed E-state index contributed by atoms with van der Waals surface area (Å²) >= 11 is 12.7. The molecular weight excluding hydrogens is 538 g/mol. The first kappa shape index (κ1) is 26.5. The average Bonchev–Trinajstić information content (AvgIpc) is 3.41. The van der Waals surface area contributed by atoms with E-state index in [2.05, 4.69) is 51.5 Å². The number of pyridine rings is 2. The highest BCUT2D eigenvalue weighted by Gasteiger charge is 2.24. The van der Waals surface area contributed by atoms with Gasteiger partial charge in [0.2, 0.25) is 0 Å². The van der Waals surface area contributed by atoms with Crippen LogP contribution in [0.3, 0.4) is 0 Å². The summed E-state index contributed by atoms with van der Waals surface area (Å²) in [4.78, 5) is 8.90. The van der Waals surface area contributed by atoms with E-state index in [0.29, 0.717) is 38.6 Å². The lowest BCUT2D eigenvalue weighted by Gasteiger charge is -2.22. The van der Waals surface area contributed by atoms with E-state index in [1.165, 1.54) is 18.3 Å². The quantitative estimate of drug-likeness (QED) is 0.197. The molecule has 2 aromatic heterocycles. The molecule has 1 aliphatic heterocycles. The molecule has 0 aliphatic carbocycles. The molecule has 0 amide bonds. The van der Waals surface area contributed by atoms with Crippen LogP contribution in [0.1, 0.15) is 36.7 Å². The Morgan fingerprint density at radius 1 is 1.03 bits per heavy atom. The van der Waals surface area contributed by atoms with Crippen molar-refractivity contribution in [3.63, 3.8) is 0 Å². The number of hydrogen-bond acceptors (Lipinski definition) is 8. The number of fused-ring (bicyclic) bond motifs is 1. The molecule has 4 N–H and O–H groups in total. The summed E-state index contributed by atoms with van der Waals surface area (Å²) in [6.45, 7) is 6.10. The number of rotatable bonds is 7. The normalized spacial score (nSPS) is 13.7. The number of benzene rings is 2. The van der Waals surface area contributed by atoms with Gasteiger partial charge in [-0.05, 0) is 62.7 Å². The molecule has 0 saturated heterocycles. The molecule has 39 heavy (non-hydrogen) atoms. The fraction of sp³-hybridized carbons (Fsp3) is 0.179. The van der Waals surface area contributed by atoms with E-state index in [-0.39, 0.29) is 17.1 Å². The van der Waals surface area contributed by atoms with E-state index < -0.39 is 5.82 Å². The standard InChI is InChI=1S/C28H25Cl2FN8/c1-15(2)39-14-25(37-38-39)27(17-5-4-16(3)33-12-17)36-20-8-21-26(35-19-6-7-24(31)22(29)9-19)18(11-32)13-34-28(21)23(30)10-20/h4-10,12-15,27,36-38H,1-3H3,(H,34,35)/t27-/m0/s1. The number of hydrogen-bond donors (Lipinski definition) is 4. The maximum absolute atomic E-state index is 13.8. The van der Waals surface area contributed by atoms with Crippen LogP contribution in [-0.4, -0.2) is 21.0 Å². The van der Waals surface area contributed by atoms with Gasteiger partial charge >= 0.3 is 0 Å². The number of anilines is 3. The van der Waals surface area contributed by atoms with Crippen LogP contribution in [0.2, 0.25) is 10.0 Å². The Morgan fingerprint density at radius 3 is 2.49 bits per heavy atom. The van der Waals surface area contributed by atoms with Gasteiger partial charge in [0.15, 0.2) is 0 Å². The van der Waals surface area contributed by atoms with Crippen LogP contribution >= 0.6 is 23.2 Å². The highest BCUT2D eigenvalue weighted by atomic mass is 35.5. The summed E-state index contributed by atoms with van der Waals surface area (Å²) in [5, 5.41) is 19.5. The number of aryl methyl sites for hydroxylation is 1.